The van der Waals surface area contributed by atoms with E-state index in [1.54, 1.807) is 4.90 Å². The molecule has 3 aliphatic rings. The second kappa shape index (κ2) is 7.13. The number of amides is 2. The van der Waals surface area contributed by atoms with Gasteiger partial charge in [0.05, 0.1) is 17.2 Å². The highest BCUT2D eigenvalue weighted by molar-refractivity contribution is 6.09. The van der Waals surface area contributed by atoms with Crippen molar-refractivity contribution in [3.05, 3.63) is 23.2 Å². The first-order chi connectivity index (χ1) is 13.0. The number of furan rings is 1. The number of fused-ring (bicyclic) bond motifs is 1. The van der Waals surface area contributed by atoms with Gasteiger partial charge in [-0.25, -0.2) is 0 Å². The second-order valence-corrected chi connectivity index (χ2v) is 8.53. The minimum Gasteiger partial charge on any atom is -0.468 e. The fourth-order valence-electron chi connectivity index (χ4n) is 4.30. The van der Waals surface area contributed by atoms with Gasteiger partial charge in [0.2, 0.25) is 5.91 Å². The van der Waals surface area contributed by atoms with Crippen LogP contribution in [-0.4, -0.2) is 53.1 Å². The molecular formula is C21H28N2O4. The van der Waals surface area contributed by atoms with E-state index in [-0.39, 0.29) is 29.6 Å². The summed E-state index contributed by atoms with van der Waals surface area (Å²) in [7, 11) is 0. The normalized spacial score (nSPS) is 23.6. The van der Waals surface area contributed by atoms with E-state index in [9.17, 15) is 14.4 Å². The van der Waals surface area contributed by atoms with Crippen molar-refractivity contribution in [2.45, 2.75) is 58.4 Å². The summed E-state index contributed by atoms with van der Waals surface area (Å²) in [6.07, 6.45) is 6.12. The average Bonchev–Trinajstić information content (AvgIpc) is 3.38. The van der Waals surface area contributed by atoms with Gasteiger partial charge in [-0.15, -0.1) is 0 Å². The lowest BCUT2D eigenvalue weighted by Crippen LogP contribution is -2.48. The smallest absolute Gasteiger partial charge is 0.257 e. The van der Waals surface area contributed by atoms with Crippen molar-refractivity contribution < 1.29 is 18.8 Å². The third-order valence-corrected chi connectivity index (χ3v) is 6.12. The Kier molecular flexibility index (Phi) is 4.82. The van der Waals surface area contributed by atoms with Gasteiger partial charge in [0.1, 0.15) is 12.0 Å². The number of hydrogen-bond acceptors (Lipinski definition) is 4. The lowest BCUT2D eigenvalue weighted by Gasteiger charge is -2.34. The SMILES string of the molecule is CC(C)[C@@H]1CN(C(=O)c2coc3c2C(=O)CCC3)CCC(=O)N1CC1CC1. The van der Waals surface area contributed by atoms with Crippen LogP contribution in [0.25, 0.3) is 0 Å². The third-order valence-electron chi connectivity index (χ3n) is 6.12. The molecule has 0 bridgehead atoms. The number of rotatable bonds is 4. The fraction of sp³-hybridized carbons (Fsp3) is 0.667. The molecule has 27 heavy (non-hydrogen) atoms. The molecule has 0 unspecified atom stereocenters. The standard InChI is InChI=1S/C21H28N2O4/c1-13(2)16-11-22(9-8-19(25)23(16)10-14-6-7-14)21(26)15-12-27-18-5-3-4-17(24)20(15)18/h12-14,16H,3-11H2,1-2H3/t16-/m0/s1. The van der Waals surface area contributed by atoms with Crippen LogP contribution < -0.4 is 0 Å². The highest BCUT2D eigenvalue weighted by atomic mass is 16.3. The van der Waals surface area contributed by atoms with Crippen molar-refractivity contribution in [1.29, 1.82) is 0 Å². The minimum absolute atomic E-state index is 0.00461. The molecule has 2 amide bonds. The Hall–Kier alpha value is -2.11. The zero-order valence-corrected chi connectivity index (χ0v) is 16.2. The maximum atomic E-state index is 13.2. The monoisotopic (exact) mass is 372 g/mol. The van der Waals surface area contributed by atoms with Crippen LogP contribution in [-0.2, 0) is 11.2 Å². The van der Waals surface area contributed by atoms with Crippen molar-refractivity contribution in [2.75, 3.05) is 19.6 Å². The summed E-state index contributed by atoms with van der Waals surface area (Å²) in [5.41, 5.74) is 0.845. The van der Waals surface area contributed by atoms with Crippen LogP contribution in [0.2, 0.25) is 0 Å². The molecule has 0 aromatic carbocycles. The Labute approximate surface area is 159 Å². The molecule has 0 radical (unpaired) electrons. The number of nitrogens with zero attached hydrogens (tertiary/aromatic N) is 2. The van der Waals surface area contributed by atoms with E-state index in [0.717, 1.165) is 13.0 Å². The molecule has 6 nitrogen and oxygen atoms in total. The zero-order valence-electron chi connectivity index (χ0n) is 16.2. The molecule has 6 heteroatoms. The number of carbonyl (C=O) groups excluding carboxylic acids is 3. The topological polar surface area (TPSA) is 70.8 Å². The second-order valence-electron chi connectivity index (χ2n) is 8.53. The summed E-state index contributed by atoms with van der Waals surface area (Å²) in [4.78, 5) is 42.1. The predicted octanol–water partition coefficient (Wildman–Crippen LogP) is 2.91. The fourth-order valence-corrected chi connectivity index (χ4v) is 4.30. The molecule has 2 heterocycles. The lowest BCUT2D eigenvalue weighted by atomic mass is 9.93. The van der Waals surface area contributed by atoms with Crippen molar-refractivity contribution in [3.8, 4) is 0 Å². The largest absolute Gasteiger partial charge is 0.468 e. The van der Waals surface area contributed by atoms with Crippen LogP contribution in [0.5, 0.6) is 0 Å². The lowest BCUT2D eigenvalue weighted by molar-refractivity contribution is -0.133. The average molecular weight is 372 g/mol. The molecule has 1 saturated heterocycles. The maximum absolute atomic E-state index is 13.2. The van der Waals surface area contributed by atoms with Crippen LogP contribution in [0.3, 0.4) is 0 Å². The van der Waals surface area contributed by atoms with E-state index in [1.807, 2.05) is 4.90 Å². The summed E-state index contributed by atoms with van der Waals surface area (Å²) in [5.74, 6) is 1.48. The predicted molar refractivity (Wildman–Crippen MR) is 99.6 cm³/mol. The van der Waals surface area contributed by atoms with Crippen LogP contribution in [0.15, 0.2) is 10.7 Å². The number of aryl methyl sites for hydroxylation is 1. The van der Waals surface area contributed by atoms with Gasteiger partial charge >= 0.3 is 0 Å². The van der Waals surface area contributed by atoms with Gasteiger partial charge in [-0.2, -0.15) is 0 Å². The van der Waals surface area contributed by atoms with E-state index < -0.39 is 0 Å². The van der Waals surface area contributed by atoms with Crippen LogP contribution in [0, 0.1) is 11.8 Å². The van der Waals surface area contributed by atoms with E-state index in [4.69, 9.17) is 4.42 Å². The van der Waals surface area contributed by atoms with E-state index in [2.05, 4.69) is 13.8 Å². The summed E-state index contributed by atoms with van der Waals surface area (Å²) >= 11 is 0. The van der Waals surface area contributed by atoms with Gasteiger partial charge in [0.25, 0.3) is 5.91 Å². The molecule has 0 N–H and O–H groups in total. The maximum Gasteiger partial charge on any atom is 0.257 e. The molecule has 1 aliphatic heterocycles. The molecule has 1 saturated carbocycles. The highest BCUT2D eigenvalue weighted by Crippen LogP contribution is 2.33. The summed E-state index contributed by atoms with van der Waals surface area (Å²) in [6.45, 7) is 5.94. The molecular weight excluding hydrogens is 344 g/mol. The number of Topliss-reactive ketones (excluding diaryl/α,β-unsaturated/α-hetero) is 1. The first-order valence-corrected chi connectivity index (χ1v) is 10.2. The van der Waals surface area contributed by atoms with Crippen molar-refractivity contribution in [3.63, 3.8) is 0 Å². The number of ketones is 1. The summed E-state index contributed by atoms with van der Waals surface area (Å²) in [5, 5.41) is 0. The minimum atomic E-state index is -0.179. The van der Waals surface area contributed by atoms with Crippen LogP contribution in [0.4, 0.5) is 0 Å². The molecule has 1 atom stereocenters. The van der Waals surface area contributed by atoms with Crippen molar-refractivity contribution in [2.24, 2.45) is 11.8 Å². The first-order valence-electron chi connectivity index (χ1n) is 10.2. The van der Waals surface area contributed by atoms with Crippen molar-refractivity contribution >= 4 is 17.6 Å². The summed E-state index contributed by atoms with van der Waals surface area (Å²) in [6, 6.07) is 0.0166. The Morgan fingerprint density at radius 3 is 2.70 bits per heavy atom. The molecule has 146 valence electrons. The Balaban J connectivity index is 1.58. The van der Waals surface area contributed by atoms with Crippen LogP contribution in [0.1, 0.15) is 72.4 Å². The van der Waals surface area contributed by atoms with E-state index in [1.165, 1.54) is 19.1 Å². The number of hydrogen-bond donors (Lipinski definition) is 0. The van der Waals surface area contributed by atoms with Gasteiger partial charge < -0.3 is 14.2 Å². The van der Waals surface area contributed by atoms with Crippen molar-refractivity contribution in [1.82, 2.24) is 9.80 Å². The van der Waals surface area contributed by atoms with Crippen LogP contribution >= 0.6 is 0 Å². The highest BCUT2D eigenvalue weighted by Gasteiger charge is 2.38. The number of carbonyl (C=O) groups is 3. The summed E-state index contributed by atoms with van der Waals surface area (Å²) < 4.78 is 5.53. The van der Waals surface area contributed by atoms with Gasteiger partial charge in [-0.3, -0.25) is 14.4 Å². The van der Waals surface area contributed by atoms with E-state index in [0.29, 0.717) is 55.2 Å². The van der Waals surface area contributed by atoms with E-state index >= 15 is 0 Å². The zero-order chi connectivity index (χ0) is 19.1. The molecule has 0 spiro atoms. The Bertz CT molecular complexity index is 762. The molecule has 1 aromatic heterocycles. The van der Waals surface area contributed by atoms with Gasteiger partial charge in [-0.1, -0.05) is 13.8 Å². The van der Waals surface area contributed by atoms with Gasteiger partial charge in [0.15, 0.2) is 5.78 Å². The molecule has 2 aliphatic carbocycles. The third kappa shape index (κ3) is 3.54. The first kappa shape index (κ1) is 18.3. The molecule has 4 rings (SSSR count). The molecule has 1 aromatic rings. The molecule has 2 fully saturated rings. The van der Waals surface area contributed by atoms with Gasteiger partial charge in [-0.05, 0) is 31.1 Å². The van der Waals surface area contributed by atoms with Gasteiger partial charge in [0, 0.05) is 38.9 Å². The quantitative estimate of drug-likeness (QED) is 0.815. The Morgan fingerprint density at radius 2 is 2.00 bits per heavy atom. The Morgan fingerprint density at radius 1 is 1.22 bits per heavy atom.